The van der Waals surface area contributed by atoms with Crippen molar-refractivity contribution in [2.75, 3.05) is 16.9 Å². The average molecular weight is 311 g/mol. The van der Waals surface area contributed by atoms with E-state index in [1.165, 1.54) is 12.1 Å². The fourth-order valence-electron chi connectivity index (χ4n) is 1.58. The van der Waals surface area contributed by atoms with E-state index in [1.807, 2.05) is 24.5 Å². The Morgan fingerprint density at radius 1 is 1.20 bits per heavy atom. The maximum atomic E-state index is 13.5. The zero-order valence-electron chi connectivity index (χ0n) is 10.6. The zero-order valence-corrected chi connectivity index (χ0v) is 12.2. The molecule has 2 aromatic carbocycles. The molecule has 0 unspecified atom stereocenters. The average Bonchev–Trinajstić information content (AvgIpc) is 2.42. The van der Waals surface area contributed by atoms with Crippen LogP contribution in [0.5, 0.6) is 0 Å². The Bertz CT molecular complexity index is 636. The summed E-state index contributed by atoms with van der Waals surface area (Å²) in [5.74, 6) is -0.578. The van der Waals surface area contributed by atoms with Crippen molar-refractivity contribution in [1.82, 2.24) is 0 Å². The van der Waals surface area contributed by atoms with Gasteiger partial charge in [0.2, 0.25) is 0 Å². The van der Waals surface area contributed by atoms with Gasteiger partial charge in [-0.1, -0.05) is 17.7 Å². The van der Waals surface area contributed by atoms with Crippen LogP contribution in [0.3, 0.4) is 0 Å². The first-order valence-electron chi connectivity index (χ1n) is 5.75. The van der Waals surface area contributed by atoms with Crippen molar-refractivity contribution in [2.24, 2.45) is 0 Å². The van der Waals surface area contributed by atoms with Gasteiger partial charge in [-0.15, -0.1) is 11.8 Å². The molecule has 0 aliphatic heterocycles. The summed E-state index contributed by atoms with van der Waals surface area (Å²) in [5.41, 5.74) is 0.719. The van der Waals surface area contributed by atoms with Crippen molar-refractivity contribution in [3.63, 3.8) is 0 Å². The second kappa shape index (κ2) is 6.63. The van der Waals surface area contributed by atoms with E-state index in [2.05, 4.69) is 10.6 Å². The van der Waals surface area contributed by atoms with Crippen LogP contribution < -0.4 is 10.6 Å². The van der Waals surface area contributed by atoms with Gasteiger partial charge in [0.15, 0.2) is 0 Å². The smallest absolute Gasteiger partial charge is 0.308 e. The second-order valence-electron chi connectivity index (χ2n) is 3.94. The van der Waals surface area contributed by atoms with Gasteiger partial charge in [0, 0.05) is 15.6 Å². The van der Waals surface area contributed by atoms with Crippen LogP contribution >= 0.6 is 23.4 Å². The Labute approximate surface area is 125 Å². The number of amides is 2. The van der Waals surface area contributed by atoms with Crippen molar-refractivity contribution < 1.29 is 9.18 Å². The Morgan fingerprint density at radius 3 is 2.70 bits per heavy atom. The molecule has 0 aliphatic rings. The molecule has 0 atom stereocenters. The maximum Gasteiger partial charge on any atom is 0.323 e. The van der Waals surface area contributed by atoms with E-state index in [0.29, 0.717) is 5.69 Å². The highest BCUT2D eigenvalue weighted by atomic mass is 35.5. The predicted molar refractivity (Wildman–Crippen MR) is 82.3 cm³/mol. The fourth-order valence-corrected chi connectivity index (χ4v) is 2.19. The topological polar surface area (TPSA) is 41.1 Å². The van der Waals surface area contributed by atoms with Crippen molar-refractivity contribution in [3.05, 3.63) is 53.3 Å². The van der Waals surface area contributed by atoms with Crippen LogP contribution in [0.2, 0.25) is 5.02 Å². The fraction of sp³-hybridized carbons (Fsp3) is 0.0714. The number of nitrogens with one attached hydrogen (secondary N) is 2. The molecule has 0 spiro atoms. The minimum atomic E-state index is -0.578. The number of benzene rings is 2. The second-order valence-corrected chi connectivity index (χ2v) is 5.25. The number of carbonyl (C=O) groups excluding carboxylic acids is 1. The number of carbonyl (C=O) groups is 1. The van der Waals surface area contributed by atoms with Gasteiger partial charge < -0.3 is 10.6 Å². The third-order valence-corrected chi connectivity index (χ3v) is 3.47. The van der Waals surface area contributed by atoms with Crippen LogP contribution in [0.15, 0.2) is 47.4 Å². The van der Waals surface area contributed by atoms with Gasteiger partial charge in [-0.2, -0.15) is 0 Å². The number of hydrogen-bond acceptors (Lipinski definition) is 2. The third-order valence-electron chi connectivity index (χ3n) is 2.51. The van der Waals surface area contributed by atoms with Crippen molar-refractivity contribution in [3.8, 4) is 0 Å². The molecular weight excluding hydrogens is 299 g/mol. The first kappa shape index (κ1) is 14.7. The molecule has 0 saturated heterocycles. The largest absolute Gasteiger partial charge is 0.323 e. The van der Waals surface area contributed by atoms with Crippen LogP contribution in [-0.4, -0.2) is 12.3 Å². The Balaban J connectivity index is 2.05. The van der Waals surface area contributed by atoms with Crippen LogP contribution in [-0.2, 0) is 0 Å². The minimum absolute atomic E-state index is 0.0768. The van der Waals surface area contributed by atoms with E-state index >= 15 is 0 Å². The van der Waals surface area contributed by atoms with Crippen molar-refractivity contribution in [2.45, 2.75) is 4.90 Å². The summed E-state index contributed by atoms with van der Waals surface area (Å²) in [5, 5.41) is 5.36. The molecule has 2 amide bonds. The quantitative estimate of drug-likeness (QED) is 0.796. The molecule has 6 heteroatoms. The highest BCUT2D eigenvalue weighted by Gasteiger charge is 2.07. The zero-order chi connectivity index (χ0) is 14.5. The van der Waals surface area contributed by atoms with Gasteiger partial charge in [-0.25, -0.2) is 9.18 Å². The van der Waals surface area contributed by atoms with Crippen molar-refractivity contribution in [1.29, 1.82) is 0 Å². The number of thioether (sulfide) groups is 1. The molecule has 0 saturated carbocycles. The van der Waals surface area contributed by atoms with Crippen LogP contribution in [0, 0.1) is 5.82 Å². The van der Waals surface area contributed by atoms with E-state index in [9.17, 15) is 9.18 Å². The molecule has 2 N–H and O–H groups in total. The number of anilines is 2. The summed E-state index contributed by atoms with van der Waals surface area (Å²) in [4.78, 5) is 12.8. The summed E-state index contributed by atoms with van der Waals surface area (Å²) >= 11 is 7.22. The first-order valence-corrected chi connectivity index (χ1v) is 7.36. The molecule has 0 aliphatic carbocycles. The highest BCUT2D eigenvalue weighted by Crippen LogP contribution is 2.21. The molecule has 0 radical (unpaired) electrons. The molecule has 20 heavy (non-hydrogen) atoms. The molecule has 0 heterocycles. The lowest BCUT2D eigenvalue weighted by Crippen LogP contribution is -2.20. The number of hydrogen-bond donors (Lipinski definition) is 2. The van der Waals surface area contributed by atoms with E-state index in [-0.39, 0.29) is 10.7 Å². The third kappa shape index (κ3) is 3.88. The molecule has 104 valence electrons. The maximum absolute atomic E-state index is 13.5. The monoisotopic (exact) mass is 310 g/mol. The van der Waals surface area contributed by atoms with E-state index in [4.69, 9.17) is 11.6 Å². The summed E-state index contributed by atoms with van der Waals surface area (Å²) in [7, 11) is 0. The molecule has 0 aromatic heterocycles. The standard InChI is InChI=1S/C14H12ClFN2OS/c1-20-11-4-2-3-10(8-11)17-14(19)18-13-6-5-9(15)7-12(13)16/h2-8H,1H3,(H2,17,18,19). The highest BCUT2D eigenvalue weighted by molar-refractivity contribution is 7.98. The van der Waals surface area contributed by atoms with Crippen molar-refractivity contribution >= 4 is 40.8 Å². The number of urea groups is 1. The van der Waals surface area contributed by atoms with E-state index in [0.717, 1.165) is 11.0 Å². The summed E-state index contributed by atoms with van der Waals surface area (Å²) in [6, 6.07) is 10.9. The Morgan fingerprint density at radius 2 is 2.00 bits per heavy atom. The lowest BCUT2D eigenvalue weighted by Gasteiger charge is -2.09. The molecule has 2 rings (SSSR count). The van der Waals surface area contributed by atoms with Gasteiger partial charge in [0.1, 0.15) is 5.82 Å². The summed E-state index contributed by atoms with van der Waals surface area (Å²) in [6.07, 6.45) is 1.95. The van der Waals surface area contributed by atoms with Gasteiger partial charge >= 0.3 is 6.03 Å². The lowest BCUT2D eigenvalue weighted by atomic mass is 10.3. The molecule has 2 aromatic rings. The van der Waals surface area contributed by atoms with Gasteiger partial charge in [-0.05, 0) is 42.7 Å². The Hall–Kier alpha value is -1.72. The Kier molecular flexibility index (Phi) is 4.87. The summed E-state index contributed by atoms with van der Waals surface area (Å²) in [6.45, 7) is 0. The van der Waals surface area contributed by atoms with Gasteiger partial charge in [-0.3, -0.25) is 0 Å². The minimum Gasteiger partial charge on any atom is -0.308 e. The molecule has 0 fully saturated rings. The lowest BCUT2D eigenvalue weighted by molar-refractivity contribution is 0.262. The molecule has 0 bridgehead atoms. The predicted octanol–water partition coefficient (Wildman–Crippen LogP) is 4.85. The van der Waals surface area contributed by atoms with Crippen LogP contribution in [0.1, 0.15) is 0 Å². The van der Waals surface area contributed by atoms with Gasteiger partial charge in [0.25, 0.3) is 0 Å². The number of rotatable bonds is 3. The van der Waals surface area contributed by atoms with Crippen LogP contribution in [0.4, 0.5) is 20.6 Å². The number of halogens is 2. The summed E-state index contributed by atoms with van der Waals surface area (Å²) < 4.78 is 13.5. The molecular formula is C14H12ClFN2OS. The van der Waals surface area contributed by atoms with E-state index in [1.54, 1.807) is 17.8 Å². The normalized spacial score (nSPS) is 10.2. The first-order chi connectivity index (χ1) is 9.58. The SMILES string of the molecule is CSc1cccc(NC(=O)Nc2ccc(Cl)cc2F)c1. The van der Waals surface area contributed by atoms with E-state index < -0.39 is 11.8 Å². The molecule has 3 nitrogen and oxygen atoms in total. The van der Waals surface area contributed by atoms with Gasteiger partial charge in [0.05, 0.1) is 5.69 Å². The van der Waals surface area contributed by atoms with Crippen LogP contribution in [0.25, 0.3) is 0 Å².